The number of ether oxygens (including phenoxy) is 3. The van der Waals surface area contributed by atoms with Crippen molar-refractivity contribution in [3.05, 3.63) is 48.2 Å². The molecule has 24 heavy (non-hydrogen) atoms. The maximum absolute atomic E-state index is 6.05. The van der Waals surface area contributed by atoms with Crippen LogP contribution in [0.3, 0.4) is 0 Å². The monoisotopic (exact) mass is 343 g/mol. The molecule has 0 aliphatic carbocycles. The molecule has 0 unspecified atom stereocenters. The quantitative estimate of drug-likeness (QED) is 0.679. The lowest BCUT2D eigenvalue weighted by molar-refractivity contribution is 0.174. The van der Waals surface area contributed by atoms with Gasteiger partial charge in [-0.15, -0.1) is 16.7 Å². The lowest BCUT2D eigenvalue weighted by atomic mass is 10.1. The minimum atomic E-state index is 0.231. The summed E-state index contributed by atoms with van der Waals surface area (Å²) in [7, 11) is 1.64. The number of methoxy groups -OCH3 is 1. The summed E-state index contributed by atoms with van der Waals surface area (Å²) in [5.41, 5.74) is 3.33. The number of hydrogen-bond acceptors (Lipinski definition) is 5. The molecule has 0 saturated carbocycles. The van der Waals surface area contributed by atoms with Crippen molar-refractivity contribution in [3.8, 4) is 34.2 Å². The molecule has 2 aromatic carbocycles. The summed E-state index contributed by atoms with van der Waals surface area (Å²) >= 11 is 6.05. The van der Waals surface area contributed by atoms with E-state index in [0.29, 0.717) is 11.4 Å². The second kappa shape index (κ2) is 6.05. The fraction of sp³-hybridized carbons (Fsp3) is 0.176. The van der Waals surface area contributed by atoms with Gasteiger partial charge in [0.15, 0.2) is 11.5 Å². The van der Waals surface area contributed by atoms with Crippen LogP contribution in [0.1, 0.15) is 5.69 Å². The normalized spacial score (nSPS) is 12.4. The van der Waals surface area contributed by atoms with Crippen LogP contribution in [0.15, 0.2) is 42.5 Å². The van der Waals surface area contributed by atoms with E-state index in [1.165, 1.54) is 0 Å². The number of nitrogens with zero attached hydrogens (tertiary/aromatic N) is 3. The summed E-state index contributed by atoms with van der Waals surface area (Å²) in [5, 5.41) is 8.46. The highest BCUT2D eigenvalue weighted by Gasteiger charge is 2.19. The third-order valence-corrected chi connectivity index (χ3v) is 4.08. The first-order chi connectivity index (χ1) is 11.8. The summed E-state index contributed by atoms with van der Waals surface area (Å²) in [6.07, 6.45) is 0. The molecule has 4 rings (SSSR count). The summed E-state index contributed by atoms with van der Waals surface area (Å²) < 4.78 is 17.8. The number of hydrogen-bond donors (Lipinski definition) is 0. The van der Waals surface area contributed by atoms with Gasteiger partial charge >= 0.3 is 0 Å². The first kappa shape index (κ1) is 14.8. The average Bonchev–Trinajstić information content (AvgIpc) is 3.27. The van der Waals surface area contributed by atoms with Crippen molar-refractivity contribution >= 4 is 11.6 Å². The van der Waals surface area contributed by atoms with Crippen molar-refractivity contribution in [2.24, 2.45) is 0 Å². The smallest absolute Gasteiger partial charge is 0.231 e. The summed E-state index contributed by atoms with van der Waals surface area (Å²) in [5.74, 6) is 2.47. The number of aromatic nitrogens is 3. The van der Waals surface area contributed by atoms with Crippen molar-refractivity contribution in [1.29, 1.82) is 0 Å². The number of halogens is 1. The molecule has 0 fully saturated rings. The van der Waals surface area contributed by atoms with Crippen LogP contribution < -0.4 is 14.2 Å². The fourth-order valence-electron chi connectivity index (χ4n) is 2.64. The third kappa shape index (κ3) is 2.45. The molecule has 1 aromatic heterocycles. The lowest BCUT2D eigenvalue weighted by Gasteiger charge is -2.09. The summed E-state index contributed by atoms with van der Waals surface area (Å²) in [6.45, 7) is 0.231. The van der Waals surface area contributed by atoms with Gasteiger partial charge in [-0.25, -0.2) is 4.68 Å². The highest BCUT2D eigenvalue weighted by molar-refractivity contribution is 6.17. The summed E-state index contributed by atoms with van der Waals surface area (Å²) in [4.78, 5) is 0. The summed E-state index contributed by atoms with van der Waals surface area (Å²) in [6, 6.07) is 13.3. The van der Waals surface area contributed by atoms with Crippen molar-refractivity contribution in [3.63, 3.8) is 0 Å². The van der Waals surface area contributed by atoms with Gasteiger partial charge in [0.1, 0.15) is 11.4 Å². The molecule has 7 heteroatoms. The predicted molar refractivity (Wildman–Crippen MR) is 89.0 cm³/mol. The molecule has 2 heterocycles. The molecule has 0 radical (unpaired) electrons. The highest BCUT2D eigenvalue weighted by Crippen LogP contribution is 2.35. The topological polar surface area (TPSA) is 58.4 Å². The SMILES string of the molecule is COc1ccc(-c2c(CCl)nnn2-c2ccc3c(c2)OCO3)cc1. The van der Waals surface area contributed by atoms with Crippen molar-refractivity contribution in [2.45, 2.75) is 5.88 Å². The Labute approximate surface area is 143 Å². The number of benzene rings is 2. The molecule has 1 aliphatic rings. The van der Waals surface area contributed by atoms with Crippen molar-refractivity contribution in [2.75, 3.05) is 13.9 Å². The van der Waals surface area contributed by atoms with Gasteiger partial charge in [0.05, 0.1) is 24.4 Å². The zero-order chi connectivity index (χ0) is 16.5. The molecular weight excluding hydrogens is 330 g/mol. The Morgan fingerprint density at radius 2 is 1.92 bits per heavy atom. The minimum absolute atomic E-state index is 0.231. The van der Waals surface area contributed by atoms with Gasteiger partial charge in [0.25, 0.3) is 0 Å². The van der Waals surface area contributed by atoms with Crippen LogP contribution in [0.5, 0.6) is 17.2 Å². The van der Waals surface area contributed by atoms with E-state index in [9.17, 15) is 0 Å². The Bertz CT molecular complexity index is 877. The Balaban J connectivity index is 1.83. The van der Waals surface area contributed by atoms with E-state index in [4.69, 9.17) is 25.8 Å². The third-order valence-electron chi connectivity index (χ3n) is 3.83. The van der Waals surface area contributed by atoms with Gasteiger partial charge < -0.3 is 14.2 Å². The lowest BCUT2D eigenvalue weighted by Crippen LogP contribution is -2.00. The molecule has 0 spiro atoms. The second-order valence-corrected chi connectivity index (χ2v) is 5.46. The van der Waals surface area contributed by atoms with Gasteiger partial charge in [0.2, 0.25) is 6.79 Å². The van der Waals surface area contributed by atoms with E-state index < -0.39 is 0 Å². The van der Waals surface area contributed by atoms with Crippen LogP contribution in [0.2, 0.25) is 0 Å². The zero-order valence-corrected chi connectivity index (χ0v) is 13.7. The average molecular weight is 344 g/mol. The molecule has 3 aromatic rings. The Morgan fingerprint density at radius 3 is 2.67 bits per heavy atom. The van der Waals surface area contributed by atoms with Gasteiger partial charge in [-0.1, -0.05) is 5.21 Å². The standard InChI is InChI=1S/C17H14ClN3O3/c1-22-13-5-2-11(3-6-13)17-14(9-18)19-20-21(17)12-4-7-15-16(8-12)24-10-23-15/h2-8H,9-10H2,1H3. The van der Waals surface area contributed by atoms with E-state index in [-0.39, 0.29) is 12.7 Å². The maximum Gasteiger partial charge on any atom is 0.231 e. The molecule has 0 N–H and O–H groups in total. The first-order valence-electron chi connectivity index (χ1n) is 7.35. The van der Waals surface area contributed by atoms with Crippen LogP contribution in [-0.2, 0) is 5.88 Å². The van der Waals surface area contributed by atoms with E-state index in [1.807, 2.05) is 42.5 Å². The van der Waals surface area contributed by atoms with E-state index in [2.05, 4.69) is 10.3 Å². The fourth-order valence-corrected chi connectivity index (χ4v) is 2.82. The highest BCUT2D eigenvalue weighted by atomic mass is 35.5. The Morgan fingerprint density at radius 1 is 1.12 bits per heavy atom. The minimum Gasteiger partial charge on any atom is -0.497 e. The van der Waals surface area contributed by atoms with E-state index >= 15 is 0 Å². The van der Waals surface area contributed by atoms with E-state index in [0.717, 1.165) is 28.4 Å². The Hall–Kier alpha value is -2.73. The number of rotatable bonds is 4. The van der Waals surface area contributed by atoms with Crippen LogP contribution in [-0.4, -0.2) is 28.9 Å². The molecule has 0 bridgehead atoms. The van der Waals surface area contributed by atoms with Crippen LogP contribution >= 0.6 is 11.6 Å². The van der Waals surface area contributed by atoms with Gasteiger partial charge in [0, 0.05) is 11.6 Å². The number of alkyl halides is 1. The van der Waals surface area contributed by atoms with Gasteiger partial charge in [-0.05, 0) is 36.4 Å². The van der Waals surface area contributed by atoms with E-state index in [1.54, 1.807) is 11.8 Å². The predicted octanol–water partition coefficient (Wildman–Crippen LogP) is 3.41. The van der Waals surface area contributed by atoms with Crippen molar-refractivity contribution < 1.29 is 14.2 Å². The molecule has 122 valence electrons. The van der Waals surface area contributed by atoms with Crippen LogP contribution in [0, 0.1) is 0 Å². The largest absolute Gasteiger partial charge is 0.497 e. The van der Waals surface area contributed by atoms with Gasteiger partial charge in [-0.2, -0.15) is 0 Å². The molecule has 6 nitrogen and oxygen atoms in total. The van der Waals surface area contributed by atoms with Gasteiger partial charge in [-0.3, -0.25) is 0 Å². The molecule has 1 aliphatic heterocycles. The van der Waals surface area contributed by atoms with Crippen LogP contribution in [0.25, 0.3) is 16.9 Å². The maximum atomic E-state index is 6.05. The Kier molecular flexibility index (Phi) is 3.74. The van der Waals surface area contributed by atoms with Crippen molar-refractivity contribution in [1.82, 2.24) is 15.0 Å². The number of fused-ring (bicyclic) bond motifs is 1. The molecule has 0 atom stereocenters. The molecular formula is C17H14ClN3O3. The van der Waals surface area contributed by atoms with Crippen LogP contribution in [0.4, 0.5) is 0 Å². The second-order valence-electron chi connectivity index (χ2n) is 5.20. The zero-order valence-electron chi connectivity index (χ0n) is 12.9. The molecule has 0 amide bonds. The molecule has 0 saturated heterocycles. The first-order valence-corrected chi connectivity index (χ1v) is 7.88.